The third kappa shape index (κ3) is 4.94. The van der Waals surface area contributed by atoms with Gasteiger partial charge in [-0.05, 0) is 37.8 Å². The molecule has 0 radical (unpaired) electrons. The van der Waals surface area contributed by atoms with Crippen LogP contribution < -0.4 is 11.1 Å². The molecule has 0 aliphatic carbocycles. The number of hydrogen-bond donors (Lipinski definition) is 2. The third-order valence-corrected chi connectivity index (χ3v) is 4.29. The van der Waals surface area contributed by atoms with Crippen molar-refractivity contribution in [2.24, 2.45) is 11.7 Å². The molecular formula is C17H26ClN3O2. The zero-order valence-electron chi connectivity index (χ0n) is 13.7. The van der Waals surface area contributed by atoms with Gasteiger partial charge >= 0.3 is 0 Å². The molecule has 23 heavy (non-hydrogen) atoms. The quantitative estimate of drug-likeness (QED) is 0.878. The molecule has 3 N–H and O–H groups in total. The number of hydrogen-bond acceptors (Lipinski definition) is 3. The average Bonchev–Trinajstić information content (AvgIpc) is 2.54. The van der Waals surface area contributed by atoms with Crippen LogP contribution in [0, 0.1) is 5.92 Å². The molecule has 0 spiro atoms. The van der Waals surface area contributed by atoms with E-state index in [-0.39, 0.29) is 30.3 Å². The number of amides is 2. The van der Waals surface area contributed by atoms with E-state index < -0.39 is 6.04 Å². The highest BCUT2D eigenvalue weighted by molar-refractivity contribution is 5.97. The molecule has 0 aromatic heterocycles. The summed E-state index contributed by atoms with van der Waals surface area (Å²) in [6.07, 6.45) is 1.92. The van der Waals surface area contributed by atoms with Gasteiger partial charge in [0, 0.05) is 24.7 Å². The fourth-order valence-electron chi connectivity index (χ4n) is 2.95. The number of halogens is 1. The van der Waals surface area contributed by atoms with Gasteiger partial charge in [-0.1, -0.05) is 25.1 Å². The van der Waals surface area contributed by atoms with E-state index in [1.54, 1.807) is 31.2 Å². The Morgan fingerprint density at radius 3 is 2.61 bits per heavy atom. The van der Waals surface area contributed by atoms with Gasteiger partial charge in [0.05, 0.1) is 0 Å². The Morgan fingerprint density at radius 1 is 1.35 bits per heavy atom. The van der Waals surface area contributed by atoms with Crippen molar-refractivity contribution in [3.8, 4) is 0 Å². The van der Waals surface area contributed by atoms with Crippen LogP contribution in [0.15, 0.2) is 30.3 Å². The molecular weight excluding hydrogens is 314 g/mol. The minimum absolute atomic E-state index is 0. The van der Waals surface area contributed by atoms with Gasteiger partial charge in [0.1, 0.15) is 6.04 Å². The highest BCUT2D eigenvalue weighted by atomic mass is 35.5. The summed E-state index contributed by atoms with van der Waals surface area (Å²) in [5, 5.41) is 2.78. The zero-order valence-corrected chi connectivity index (χ0v) is 14.5. The number of rotatable bonds is 4. The topological polar surface area (TPSA) is 75.4 Å². The Kier molecular flexibility index (Phi) is 7.52. The first kappa shape index (κ1) is 19.5. The predicted molar refractivity (Wildman–Crippen MR) is 93.6 cm³/mol. The van der Waals surface area contributed by atoms with Crippen LogP contribution in [0.4, 0.5) is 0 Å². The monoisotopic (exact) mass is 339 g/mol. The first-order valence-electron chi connectivity index (χ1n) is 7.89. The number of likely N-dealkylation sites (tertiary alicyclic amines) is 1. The Hall–Kier alpha value is -1.59. The molecule has 2 rings (SSSR count). The van der Waals surface area contributed by atoms with Crippen LogP contribution >= 0.6 is 12.4 Å². The second-order valence-corrected chi connectivity index (χ2v) is 6.11. The van der Waals surface area contributed by atoms with Gasteiger partial charge < -0.3 is 16.0 Å². The Labute approximate surface area is 144 Å². The lowest BCUT2D eigenvalue weighted by Gasteiger charge is -2.39. The van der Waals surface area contributed by atoms with E-state index in [2.05, 4.69) is 12.2 Å². The van der Waals surface area contributed by atoms with Gasteiger partial charge in [-0.2, -0.15) is 0 Å². The smallest absolute Gasteiger partial charge is 0.251 e. The van der Waals surface area contributed by atoms with Gasteiger partial charge in [-0.15, -0.1) is 12.4 Å². The van der Waals surface area contributed by atoms with Crippen LogP contribution in [0.2, 0.25) is 0 Å². The lowest BCUT2D eigenvalue weighted by molar-refractivity contribution is -0.136. The van der Waals surface area contributed by atoms with Crippen molar-refractivity contribution in [1.29, 1.82) is 0 Å². The summed E-state index contributed by atoms with van der Waals surface area (Å²) in [6, 6.07) is 8.46. The molecule has 1 heterocycles. The fraction of sp³-hybridized carbons (Fsp3) is 0.529. The number of nitrogens with one attached hydrogen (secondary N) is 1. The van der Waals surface area contributed by atoms with E-state index in [4.69, 9.17) is 5.73 Å². The highest BCUT2D eigenvalue weighted by Gasteiger charge is 2.31. The molecule has 1 aliphatic heterocycles. The van der Waals surface area contributed by atoms with Crippen LogP contribution in [0.1, 0.15) is 37.0 Å². The molecule has 128 valence electrons. The molecule has 0 saturated carbocycles. The standard InChI is InChI=1S/C17H25N3O2.ClH/c1-12-8-9-20(15(10-12)11-18)17(22)13(2)19-16(21)14-6-4-3-5-7-14;/h3-7,12-13,15H,8-11,18H2,1-2H3,(H,19,21);1H. The van der Waals surface area contributed by atoms with Gasteiger partial charge in [-0.25, -0.2) is 0 Å². The molecule has 1 aromatic carbocycles. The Morgan fingerprint density at radius 2 is 2.00 bits per heavy atom. The molecule has 1 fully saturated rings. The van der Waals surface area contributed by atoms with Crippen molar-refractivity contribution >= 4 is 24.2 Å². The van der Waals surface area contributed by atoms with E-state index >= 15 is 0 Å². The van der Waals surface area contributed by atoms with Gasteiger partial charge in [-0.3, -0.25) is 9.59 Å². The average molecular weight is 340 g/mol. The van der Waals surface area contributed by atoms with Crippen molar-refractivity contribution in [3.63, 3.8) is 0 Å². The molecule has 3 atom stereocenters. The Bertz CT molecular complexity index is 524. The Balaban J connectivity index is 0.00000264. The first-order valence-corrected chi connectivity index (χ1v) is 7.89. The predicted octanol–water partition coefficient (Wildman–Crippen LogP) is 1.81. The number of carbonyl (C=O) groups is 2. The third-order valence-electron chi connectivity index (χ3n) is 4.29. The molecule has 6 heteroatoms. The molecule has 1 aliphatic rings. The normalized spacial score (nSPS) is 22.0. The van der Waals surface area contributed by atoms with Crippen LogP contribution in [0.3, 0.4) is 0 Å². The summed E-state index contributed by atoms with van der Waals surface area (Å²) in [4.78, 5) is 26.6. The van der Waals surface area contributed by atoms with Crippen molar-refractivity contribution in [1.82, 2.24) is 10.2 Å². The van der Waals surface area contributed by atoms with E-state index in [1.165, 1.54) is 0 Å². The number of benzene rings is 1. The highest BCUT2D eigenvalue weighted by Crippen LogP contribution is 2.22. The van der Waals surface area contributed by atoms with Crippen LogP contribution in [-0.4, -0.2) is 41.9 Å². The maximum atomic E-state index is 12.6. The molecule has 5 nitrogen and oxygen atoms in total. The van der Waals surface area contributed by atoms with Crippen molar-refractivity contribution in [2.45, 2.75) is 38.8 Å². The van der Waals surface area contributed by atoms with E-state index in [1.807, 2.05) is 11.0 Å². The number of carbonyl (C=O) groups excluding carboxylic acids is 2. The summed E-state index contributed by atoms with van der Waals surface area (Å²) in [5.74, 6) is 0.314. The first-order chi connectivity index (χ1) is 10.5. The van der Waals surface area contributed by atoms with E-state index in [0.717, 1.165) is 12.8 Å². The second-order valence-electron chi connectivity index (χ2n) is 6.11. The van der Waals surface area contributed by atoms with Gasteiger partial charge in [0.2, 0.25) is 5.91 Å². The van der Waals surface area contributed by atoms with Crippen molar-refractivity contribution in [3.05, 3.63) is 35.9 Å². The summed E-state index contributed by atoms with van der Waals surface area (Å²) < 4.78 is 0. The molecule has 0 bridgehead atoms. The van der Waals surface area contributed by atoms with Crippen LogP contribution in [0.25, 0.3) is 0 Å². The summed E-state index contributed by atoms with van der Waals surface area (Å²) >= 11 is 0. The van der Waals surface area contributed by atoms with Gasteiger partial charge in [0.15, 0.2) is 0 Å². The lowest BCUT2D eigenvalue weighted by Crippen LogP contribution is -2.55. The fourth-order valence-corrected chi connectivity index (χ4v) is 2.95. The summed E-state index contributed by atoms with van der Waals surface area (Å²) in [5.41, 5.74) is 6.36. The molecule has 1 saturated heterocycles. The van der Waals surface area contributed by atoms with E-state index in [0.29, 0.717) is 24.6 Å². The second kappa shape index (κ2) is 8.89. The van der Waals surface area contributed by atoms with Crippen LogP contribution in [0.5, 0.6) is 0 Å². The van der Waals surface area contributed by atoms with E-state index in [9.17, 15) is 9.59 Å². The van der Waals surface area contributed by atoms with Crippen molar-refractivity contribution in [2.75, 3.05) is 13.1 Å². The molecule has 2 amide bonds. The largest absolute Gasteiger partial charge is 0.341 e. The SMILES string of the molecule is CC1CCN(C(=O)C(C)NC(=O)c2ccccc2)C(CN)C1.Cl. The number of piperidine rings is 1. The summed E-state index contributed by atoms with van der Waals surface area (Å²) in [7, 11) is 0. The molecule has 3 unspecified atom stereocenters. The lowest BCUT2D eigenvalue weighted by atomic mass is 9.92. The minimum atomic E-state index is -0.546. The maximum Gasteiger partial charge on any atom is 0.251 e. The minimum Gasteiger partial charge on any atom is -0.341 e. The van der Waals surface area contributed by atoms with Crippen molar-refractivity contribution < 1.29 is 9.59 Å². The zero-order chi connectivity index (χ0) is 16.1. The number of nitrogens with zero attached hydrogens (tertiary/aromatic N) is 1. The van der Waals surface area contributed by atoms with Gasteiger partial charge in [0.25, 0.3) is 5.91 Å². The van der Waals surface area contributed by atoms with Crippen LogP contribution in [-0.2, 0) is 4.79 Å². The number of nitrogens with two attached hydrogens (primary N) is 1. The summed E-state index contributed by atoms with van der Waals surface area (Å²) in [6.45, 7) is 5.10. The molecule has 1 aromatic rings. The maximum absolute atomic E-state index is 12.6.